The fourth-order valence-electron chi connectivity index (χ4n) is 3.33. The average molecular weight is 382 g/mol. The fourth-order valence-corrected chi connectivity index (χ4v) is 3.33. The van der Waals surface area contributed by atoms with E-state index in [0.29, 0.717) is 24.3 Å². The molecule has 2 heterocycles. The Labute approximate surface area is 161 Å². The van der Waals surface area contributed by atoms with Crippen LogP contribution in [-0.2, 0) is 12.8 Å². The quantitative estimate of drug-likeness (QED) is 0.509. The van der Waals surface area contributed by atoms with Crippen molar-refractivity contribution in [3.05, 3.63) is 35.9 Å². The van der Waals surface area contributed by atoms with Crippen molar-refractivity contribution in [1.82, 2.24) is 19.9 Å². The van der Waals surface area contributed by atoms with Gasteiger partial charge in [-0.3, -0.25) is 0 Å². The standard InChI is InChI=1S/C20H22N4O4/c1-25-11-5-6-12(26-2)18-17(11)21-15(22-18)9-10-16-23-19-13(27-3)7-8-14(28-4)20(19)24-16/h5-8H,9-10H2,1-4H3,(H,21,22)(H,23,24). The summed E-state index contributed by atoms with van der Waals surface area (Å²) >= 11 is 0. The Morgan fingerprint density at radius 2 is 0.964 bits per heavy atom. The summed E-state index contributed by atoms with van der Waals surface area (Å²) in [7, 11) is 6.53. The third kappa shape index (κ3) is 2.96. The number of hydrogen-bond donors (Lipinski definition) is 2. The summed E-state index contributed by atoms with van der Waals surface area (Å²) in [6.07, 6.45) is 1.34. The number of fused-ring (bicyclic) bond motifs is 2. The monoisotopic (exact) mass is 382 g/mol. The molecule has 28 heavy (non-hydrogen) atoms. The summed E-state index contributed by atoms with van der Waals surface area (Å²) in [6, 6.07) is 7.43. The number of rotatable bonds is 7. The van der Waals surface area contributed by atoms with Crippen molar-refractivity contribution in [3.63, 3.8) is 0 Å². The molecular formula is C20H22N4O4. The molecule has 0 saturated carbocycles. The van der Waals surface area contributed by atoms with Crippen LogP contribution >= 0.6 is 0 Å². The number of aryl methyl sites for hydroxylation is 2. The van der Waals surface area contributed by atoms with Crippen LogP contribution in [0.3, 0.4) is 0 Å². The van der Waals surface area contributed by atoms with Gasteiger partial charge in [-0.2, -0.15) is 0 Å². The predicted octanol–water partition coefficient (Wildman–Crippen LogP) is 3.26. The highest BCUT2D eigenvalue weighted by molar-refractivity contribution is 5.88. The van der Waals surface area contributed by atoms with Crippen molar-refractivity contribution in [2.45, 2.75) is 12.8 Å². The molecule has 0 saturated heterocycles. The lowest BCUT2D eigenvalue weighted by atomic mass is 10.2. The normalized spacial score (nSPS) is 11.1. The highest BCUT2D eigenvalue weighted by Crippen LogP contribution is 2.33. The van der Waals surface area contributed by atoms with Gasteiger partial charge in [-0.1, -0.05) is 0 Å². The van der Waals surface area contributed by atoms with Gasteiger partial charge in [-0.05, 0) is 24.3 Å². The first kappa shape index (κ1) is 18.0. The molecule has 4 aromatic rings. The van der Waals surface area contributed by atoms with Crippen LogP contribution in [0.4, 0.5) is 0 Å². The zero-order valence-corrected chi connectivity index (χ0v) is 16.3. The summed E-state index contributed by atoms with van der Waals surface area (Å²) in [5, 5.41) is 0. The summed E-state index contributed by atoms with van der Waals surface area (Å²) < 4.78 is 21.7. The Balaban J connectivity index is 1.64. The Morgan fingerprint density at radius 1 is 0.607 bits per heavy atom. The van der Waals surface area contributed by atoms with Crippen LogP contribution in [-0.4, -0.2) is 48.4 Å². The number of benzene rings is 2. The van der Waals surface area contributed by atoms with E-state index in [1.165, 1.54) is 0 Å². The SMILES string of the molecule is COc1ccc(OC)c2[nH]c(CCc3nc4c(OC)ccc(OC)c4[nH]3)nc12. The highest BCUT2D eigenvalue weighted by atomic mass is 16.5. The summed E-state index contributed by atoms with van der Waals surface area (Å²) in [4.78, 5) is 16.0. The average Bonchev–Trinajstić information content (AvgIpc) is 3.35. The zero-order valence-electron chi connectivity index (χ0n) is 16.3. The first-order chi connectivity index (χ1) is 13.7. The van der Waals surface area contributed by atoms with Crippen LogP contribution in [0.15, 0.2) is 24.3 Å². The number of nitrogens with one attached hydrogen (secondary N) is 2. The van der Waals surface area contributed by atoms with Crippen LogP contribution in [0.2, 0.25) is 0 Å². The van der Waals surface area contributed by atoms with Gasteiger partial charge in [-0.25, -0.2) is 9.97 Å². The molecule has 0 radical (unpaired) electrons. The molecule has 0 aliphatic heterocycles. The largest absolute Gasteiger partial charge is 0.494 e. The topological polar surface area (TPSA) is 94.3 Å². The second kappa shape index (κ2) is 7.30. The van der Waals surface area contributed by atoms with Crippen molar-refractivity contribution in [1.29, 1.82) is 0 Å². The van der Waals surface area contributed by atoms with Crippen LogP contribution in [0, 0.1) is 0 Å². The number of H-pyrrole nitrogens is 2. The highest BCUT2D eigenvalue weighted by Gasteiger charge is 2.15. The molecule has 0 spiro atoms. The molecule has 4 rings (SSSR count). The minimum atomic E-state index is 0.672. The molecule has 2 N–H and O–H groups in total. The Hall–Kier alpha value is -3.42. The Bertz CT molecular complexity index is 960. The second-order valence-electron chi connectivity index (χ2n) is 6.25. The number of hydrogen-bond acceptors (Lipinski definition) is 6. The molecule has 2 aromatic heterocycles. The fraction of sp³-hybridized carbons (Fsp3) is 0.300. The van der Waals surface area contributed by atoms with Crippen molar-refractivity contribution in [2.24, 2.45) is 0 Å². The van der Waals surface area contributed by atoms with E-state index in [1.54, 1.807) is 28.4 Å². The third-order valence-corrected chi connectivity index (χ3v) is 4.72. The second-order valence-corrected chi connectivity index (χ2v) is 6.25. The van der Waals surface area contributed by atoms with Crippen molar-refractivity contribution < 1.29 is 18.9 Å². The number of aromatic amines is 2. The third-order valence-electron chi connectivity index (χ3n) is 4.72. The summed E-state index contributed by atoms with van der Waals surface area (Å²) in [5.41, 5.74) is 3.16. The minimum absolute atomic E-state index is 0.672. The van der Waals surface area contributed by atoms with Gasteiger partial charge in [0.1, 0.15) is 56.7 Å². The molecule has 2 aromatic carbocycles. The first-order valence-electron chi connectivity index (χ1n) is 8.87. The van der Waals surface area contributed by atoms with Crippen molar-refractivity contribution in [2.75, 3.05) is 28.4 Å². The maximum Gasteiger partial charge on any atom is 0.146 e. The zero-order chi connectivity index (χ0) is 19.7. The van der Waals surface area contributed by atoms with E-state index in [-0.39, 0.29) is 0 Å². The summed E-state index contributed by atoms with van der Waals surface area (Å²) in [6.45, 7) is 0. The maximum atomic E-state index is 5.42. The van der Waals surface area contributed by atoms with Gasteiger partial charge in [0.25, 0.3) is 0 Å². The lowest BCUT2D eigenvalue weighted by molar-refractivity contribution is 0.409. The van der Waals surface area contributed by atoms with Crippen molar-refractivity contribution in [3.8, 4) is 23.0 Å². The van der Waals surface area contributed by atoms with E-state index in [9.17, 15) is 0 Å². The molecule has 8 heteroatoms. The van der Waals surface area contributed by atoms with E-state index < -0.39 is 0 Å². The van der Waals surface area contributed by atoms with E-state index >= 15 is 0 Å². The van der Waals surface area contributed by atoms with Gasteiger partial charge >= 0.3 is 0 Å². The molecule has 0 aliphatic rings. The van der Waals surface area contributed by atoms with Gasteiger partial charge in [0.2, 0.25) is 0 Å². The van der Waals surface area contributed by atoms with E-state index in [1.807, 2.05) is 24.3 Å². The maximum absolute atomic E-state index is 5.42. The van der Waals surface area contributed by atoms with Gasteiger partial charge in [0, 0.05) is 12.8 Å². The molecule has 0 unspecified atom stereocenters. The molecular weight excluding hydrogens is 360 g/mol. The molecule has 0 aliphatic carbocycles. The smallest absolute Gasteiger partial charge is 0.146 e. The van der Waals surface area contributed by atoms with E-state index in [0.717, 1.165) is 45.2 Å². The molecule has 8 nitrogen and oxygen atoms in total. The van der Waals surface area contributed by atoms with Gasteiger partial charge in [-0.15, -0.1) is 0 Å². The van der Waals surface area contributed by atoms with E-state index in [2.05, 4.69) is 19.9 Å². The minimum Gasteiger partial charge on any atom is -0.494 e. The molecule has 0 amide bonds. The molecule has 0 fully saturated rings. The number of imidazole rings is 2. The molecule has 0 bridgehead atoms. The number of nitrogens with zero attached hydrogens (tertiary/aromatic N) is 2. The van der Waals surface area contributed by atoms with Crippen LogP contribution in [0.5, 0.6) is 23.0 Å². The van der Waals surface area contributed by atoms with Crippen LogP contribution in [0.25, 0.3) is 22.1 Å². The summed E-state index contributed by atoms with van der Waals surface area (Å²) in [5.74, 6) is 4.53. The Kier molecular flexibility index (Phi) is 4.68. The van der Waals surface area contributed by atoms with Crippen LogP contribution in [0.1, 0.15) is 11.6 Å². The number of ether oxygens (including phenoxy) is 4. The van der Waals surface area contributed by atoms with Crippen LogP contribution < -0.4 is 18.9 Å². The molecule has 146 valence electrons. The lowest BCUT2D eigenvalue weighted by Gasteiger charge is -2.04. The van der Waals surface area contributed by atoms with Gasteiger partial charge in [0.15, 0.2) is 0 Å². The number of methoxy groups -OCH3 is 4. The molecule has 0 atom stereocenters. The van der Waals surface area contributed by atoms with Gasteiger partial charge in [0.05, 0.1) is 28.4 Å². The predicted molar refractivity (Wildman–Crippen MR) is 106 cm³/mol. The van der Waals surface area contributed by atoms with Crippen molar-refractivity contribution >= 4 is 22.1 Å². The number of aromatic nitrogens is 4. The lowest BCUT2D eigenvalue weighted by Crippen LogP contribution is -1.95. The Morgan fingerprint density at radius 3 is 1.32 bits per heavy atom. The first-order valence-corrected chi connectivity index (χ1v) is 8.87. The van der Waals surface area contributed by atoms with Gasteiger partial charge < -0.3 is 28.9 Å². The van der Waals surface area contributed by atoms with E-state index in [4.69, 9.17) is 18.9 Å².